The van der Waals surface area contributed by atoms with Crippen molar-refractivity contribution in [3.05, 3.63) is 30.1 Å². The van der Waals surface area contributed by atoms with Gasteiger partial charge >= 0.3 is 0 Å². The summed E-state index contributed by atoms with van der Waals surface area (Å²) in [5.74, 6) is 0.652. The quantitative estimate of drug-likeness (QED) is 0.683. The lowest BCUT2D eigenvalue weighted by Crippen LogP contribution is -2.17. The fraction of sp³-hybridized carbons (Fsp3) is 0.600. The van der Waals surface area contributed by atoms with E-state index >= 15 is 0 Å². The SMILES string of the molecule is CCCCC(CCC)C(=O)Cc1ccncc1. The molecule has 0 radical (unpaired) electrons. The predicted molar refractivity (Wildman–Crippen MR) is 70.9 cm³/mol. The monoisotopic (exact) mass is 233 g/mol. The number of ketones is 1. The van der Waals surface area contributed by atoms with Crippen LogP contribution in [0.1, 0.15) is 51.5 Å². The Morgan fingerprint density at radius 3 is 2.47 bits per heavy atom. The standard InChI is InChI=1S/C15H23NO/c1-3-5-7-14(6-4-2)15(17)12-13-8-10-16-11-9-13/h8-11,14H,3-7,12H2,1-2H3. The van der Waals surface area contributed by atoms with Crippen molar-refractivity contribution < 1.29 is 4.79 Å². The summed E-state index contributed by atoms with van der Waals surface area (Å²) < 4.78 is 0. The van der Waals surface area contributed by atoms with Crippen molar-refractivity contribution in [2.45, 2.75) is 52.4 Å². The number of hydrogen-bond acceptors (Lipinski definition) is 2. The molecule has 0 aromatic carbocycles. The van der Waals surface area contributed by atoms with Gasteiger partial charge in [-0.15, -0.1) is 0 Å². The van der Waals surface area contributed by atoms with Gasteiger partial charge in [-0.05, 0) is 30.5 Å². The minimum atomic E-state index is 0.258. The zero-order valence-corrected chi connectivity index (χ0v) is 11.0. The van der Waals surface area contributed by atoms with E-state index in [4.69, 9.17) is 0 Å². The topological polar surface area (TPSA) is 30.0 Å². The van der Waals surface area contributed by atoms with Crippen molar-refractivity contribution in [1.82, 2.24) is 4.98 Å². The average molecular weight is 233 g/mol. The summed E-state index contributed by atoms with van der Waals surface area (Å²) in [5, 5.41) is 0. The largest absolute Gasteiger partial charge is 0.299 e. The maximum absolute atomic E-state index is 12.2. The maximum Gasteiger partial charge on any atom is 0.140 e. The van der Waals surface area contributed by atoms with E-state index < -0.39 is 0 Å². The highest BCUT2D eigenvalue weighted by molar-refractivity contribution is 5.83. The molecule has 0 bridgehead atoms. The van der Waals surface area contributed by atoms with Gasteiger partial charge in [0.05, 0.1) is 0 Å². The van der Waals surface area contributed by atoms with Gasteiger partial charge in [0.15, 0.2) is 0 Å². The number of Topliss-reactive ketones (excluding diaryl/α,β-unsaturated/α-hetero) is 1. The highest BCUT2D eigenvalue weighted by Crippen LogP contribution is 2.18. The summed E-state index contributed by atoms with van der Waals surface area (Å²) in [5.41, 5.74) is 1.09. The number of hydrogen-bond donors (Lipinski definition) is 0. The second-order valence-electron chi connectivity index (χ2n) is 4.63. The Morgan fingerprint density at radius 1 is 1.18 bits per heavy atom. The van der Waals surface area contributed by atoms with Gasteiger partial charge < -0.3 is 0 Å². The first-order chi connectivity index (χ1) is 8.27. The third kappa shape index (κ3) is 5.12. The molecule has 2 heteroatoms. The Labute approximate surface area is 104 Å². The van der Waals surface area contributed by atoms with E-state index in [1.807, 2.05) is 12.1 Å². The van der Waals surface area contributed by atoms with Gasteiger partial charge in [0.25, 0.3) is 0 Å². The second kappa shape index (κ2) is 7.99. The molecule has 0 saturated carbocycles. The third-order valence-corrected chi connectivity index (χ3v) is 3.13. The smallest absolute Gasteiger partial charge is 0.140 e. The number of nitrogens with zero attached hydrogens (tertiary/aromatic N) is 1. The summed E-state index contributed by atoms with van der Waals surface area (Å²) >= 11 is 0. The fourth-order valence-electron chi connectivity index (χ4n) is 2.11. The molecule has 1 heterocycles. The van der Waals surface area contributed by atoms with Gasteiger partial charge in [-0.1, -0.05) is 33.1 Å². The van der Waals surface area contributed by atoms with Crippen molar-refractivity contribution in [3.63, 3.8) is 0 Å². The number of carbonyl (C=O) groups is 1. The predicted octanol–water partition coefficient (Wildman–Crippen LogP) is 3.80. The van der Waals surface area contributed by atoms with Crippen molar-refractivity contribution >= 4 is 5.78 Å². The molecule has 1 aromatic rings. The Hall–Kier alpha value is -1.18. The van der Waals surface area contributed by atoms with Crippen LogP contribution in [0, 0.1) is 5.92 Å². The van der Waals surface area contributed by atoms with E-state index in [1.54, 1.807) is 12.4 Å². The van der Waals surface area contributed by atoms with Crippen LogP contribution in [-0.2, 0) is 11.2 Å². The molecule has 1 atom stereocenters. The summed E-state index contributed by atoms with van der Waals surface area (Å²) in [6.45, 7) is 4.33. The normalized spacial score (nSPS) is 12.4. The average Bonchev–Trinajstić information content (AvgIpc) is 2.35. The first-order valence-electron chi connectivity index (χ1n) is 6.69. The van der Waals surface area contributed by atoms with Gasteiger partial charge in [0.2, 0.25) is 0 Å². The van der Waals surface area contributed by atoms with Gasteiger partial charge in [-0.25, -0.2) is 0 Å². The van der Waals surface area contributed by atoms with Crippen molar-refractivity contribution in [1.29, 1.82) is 0 Å². The molecule has 2 nitrogen and oxygen atoms in total. The van der Waals surface area contributed by atoms with Crippen LogP contribution in [0.15, 0.2) is 24.5 Å². The van der Waals surface area contributed by atoms with E-state index in [9.17, 15) is 4.79 Å². The molecule has 94 valence electrons. The Bertz CT molecular complexity index is 321. The minimum Gasteiger partial charge on any atom is -0.299 e. The van der Waals surface area contributed by atoms with E-state index in [0.29, 0.717) is 12.2 Å². The van der Waals surface area contributed by atoms with Crippen molar-refractivity contribution in [2.24, 2.45) is 5.92 Å². The molecule has 0 saturated heterocycles. The molecular weight excluding hydrogens is 210 g/mol. The van der Waals surface area contributed by atoms with E-state index in [-0.39, 0.29) is 5.92 Å². The zero-order chi connectivity index (χ0) is 12.5. The van der Waals surface area contributed by atoms with Gasteiger partial charge in [-0.3, -0.25) is 9.78 Å². The number of pyridine rings is 1. The minimum absolute atomic E-state index is 0.258. The molecule has 0 fully saturated rings. The van der Waals surface area contributed by atoms with Crippen LogP contribution >= 0.6 is 0 Å². The molecule has 1 aromatic heterocycles. The lowest BCUT2D eigenvalue weighted by molar-refractivity contribution is -0.122. The molecule has 1 unspecified atom stereocenters. The molecule has 0 N–H and O–H groups in total. The number of rotatable bonds is 8. The summed E-state index contributed by atoms with van der Waals surface area (Å²) in [6, 6.07) is 3.86. The lowest BCUT2D eigenvalue weighted by atomic mass is 9.90. The van der Waals surface area contributed by atoms with Crippen LogP contribution in [0.5, 0.6) is 0 Å². The first-order valence-corrected chi connectivity index (χ1v) is 6.69. The first kappa shape index (κ1) is 13.9. The van der Waals surface area contributed by atoms with Crippen LogP contribution in [0.4, 0.5) is 0 Å². The van der Waals surface area contributed by atoms with Crippen LogP contribution in [-0.4, -0.2) is 10.8 Å². The maximum atomic E-state index is 12.2. The third-order valence-electron chi connectivity index (χ3n) is 3.13. The summed E-state index contributed by atoms with van der Waals surface area (Å²) in [4.78, 5) is 16.2. The zero-order valence-electron chi connectivity index (χ0n) is 11.0. The van der Waals surface area contributed by atoms with Crippen LogP contribution in [0.2, 0.25) is 0 Å². The molecule has 0 aliphatic carbocycles. The molecule has 1 rings (SSSR count). The van der Waals surface area contributed by atoms with Gasteiger partial charge in [0, 0.05) is 24.7 Å². The molecular formula is C15H23NO. The molecule has 0 aliphatic heterocycles. The number of unbranched alkanes of at least 4 members (excludes halogenated alkanes) is 1. The fourth-order valence-corrected chi connectivity index (χ4v) is 2.11. The highest BCUT2D eigenvalue weighted by Gasteiger charge is 2.16. The Kier molecular flexibility index (Phi) is 6.53. The van der Waals surface area contributed by atoms with Crippen LogP contribution < -0.4 is 0 Å². The molecule has 17 heavy (non-hydrogen) atoms. The van der Waals surface area contributed by atoms with Crippen molar-refractivity contribution in [3.8, 4) is 0 Å². The molecule has 0 spiro atoms. The highest BCUT2D eigenvalue weighted by atomic mass is 16.1. The summed E-state index contributed by atoms with van der Waals surface area (Å²) in [7, 11) is 0. The second-order valence-corrected chi connectivity index (χ2v) is 4.63. The van der Waals surface area contributed by atoms with E-state index in [1.165, 1.54) is 6.42 Å². The lowest BCUT2D eigenvalue weighted by Gasteiger charge is -2.14. The van der Waals surface area contributed by atoms with E-state index in [2.05, 4.69) is 18.8 Å². The van der Waals surface area contributed by atoms with Gasteiger partial charge in [-0.2, -0.15) is 0 Å². The number of aromatic nitrogens is 1. The van der Waals surface area contributed by atoms with E-state index in [0.717, 1.165) is 31.2 Å². The van der Waals surface area contributed by atoms with Crippen molar-refractivity contribution in [2.75, 3.05) is 0 Å². The summed E-state index contributed by atoms with van der Waals surface area (Å²) in [6.07, 6.45) is 9.58. The van der Waals surface area contributed by atoms with Crippen LogP contribution in [0.3, 0.4) is 0 Å². The molecule has 0 amide bonds. The Morgan fingerprint density at radius 2 is 1.88 bits per heavy atom. The van der Waals surface area contributed by atoms with Crippen LogP contribution in [0.25, 0.3) is 0 Å². The van der Waals surface area contributed by atoms with Gasteiger partial charge in [0.1, 0.15) is 5.78 Å². The molecule has 0 aliphatic rings. The number of carbonyl (C=O) groups excluding carboxylic acids is 1. The Balaban J connectivity index is 2.52.